The quantitative estimate of drug-likeness (QED) is 0.0750. The van der Waals surface area contributed by atoms with E-state index in [1.54, 1.807) is 67.3 Å². The van der Waals surface area contributed by atoms with Crippen molar-refractivity contribution in [1.29, 1.82) is 0 Å². The number of primary amides is 1. The van der Waals surface area contributed by atoms with Crippen molar-refractivity contribution < 1.29 is 62.4 Å². The first-order valence-corrected chi connectivity index (χ1v) is 21.5. The summed E-state index contributed by atoms with van der Waals surface area (Å²) in [6.45, 7) is 2.94. The van der Waals surface area contributed by atoms with Crippen LogP contribution >= 0.6 is 0 Å². The highest BCUT2D eigenvalue weighted by Crippen LogP contribution is 2.66. The molecule has 4 N–H and O–H groups in total. The predicted octanol–water partition coefficient (Wildman–Crippen LogP) is 3.82. The molecule has 17 heteroatoms. The number of carbonyl (C=O) groups excluding carboxylic acids is 7. The van der Waals surface area contributed by atoms with E-state index in [0.29, 0.717) is 16.7 Å². The fraction of sp³-hybridized carbons (Fsp3) is 0.340. The number of aliphatic hydroxyl groups excluding tert-OH is 1. The largest absolute Gasteiger partial charge is 0.491 e. The number of cyclic esters (lactones) is 1. The van der Waals surface area contributed by atoms with Crippen molar-refractivity contribution in [2.45, 2.75) is 56.0 Å². The molecule has 0 bridgehead atoms. The van der Waals surface area contributed by atoms with Gasteiger partial charge in [0.05, 0.1) is 51.6 Å². The van der Waals surface area contributed by atoms with E-state index in [4.69, 9.17) is 29.4 Å². The Labute approximate surface area is 386 Å². The highest BCUT2D eigenvalue weighted by molar-refractivity contribution is 6.25. The SMILES string of the molecule is COC(=O)C(CC#Cc1ccc2c(c1)[C@]1(C(=O)N2C(=O)N[C@H](C(=O)OC)C(C)C)[C@H](C(N)=O)[C@H]2C(=O)O[C@H](c3ccccc3)[C@H](c3ccccc3)N2[C@@H]1c1cccc(OCCO)c1)C(=O)OC. The Morgan fingerprint density at radius 2 is 1.43 bits per heavy atom. The number of esters is 4. The fourth-order valence-corrected chi connectivity index (χ4v) is 9.58. The molecule has 4 aromatic carbocycles. The number of aliphatic hydroxyl groups is 1. The van der Waals surface area contributed by atoms with Gasteiger partial charge in [0, 0.05) is 12.0 Å². The third-order valence-electron chi connectivity index (χ3n) is 12.4. The van der Waals surface area contributed by atoms with Gasteiger partial charge in [-0.3, -0.25) is 28.9 Å². The molecular formula is C50H50N4O13. The van der Waals surface area contributed by atoms with E-state index in [1.165, 1.54) is 18.2 Å². The lowest BCUT2D eigenvalue weighted by Gasteiger charge is -2.46. The maximum absolute atomic E-state index is 16.2. The molecule has 0 saturated carbocycles. The zero-order chi connectivity index (χ0) is 48.2. The van der Waals surface area contributed by atoms with Gasteiger partial charge >= 0.3 is 29.9 Å². The van der Waals surface area contributed by atoms with Gasteiger partial charge in [0.25, 0.3) is 0 Å². The van der Waals surface area contributed by atoms with Gasteiger partial charge in [-0.2, -0.15) is 0 Å². The van der Waals surface area contributed by atoms with Crippen LogP contribution in [0.1, 0.15) is 66.3 Å². The van der Waals surface area contributed by atoms with Crippen LogP contribution in [0.25, 0.3) is 0 Å². The number of methoxy groups -OCH3 is 3. The molecule has 0 radical (unpaired) electrons. The van der Waals surface area contributed by atoms with Crippen LogP contribution in [-0.2, 0) is 53.1 Å². The van der Waals surface area contributed by atoms with Crippen molar-refractivity contribution in [3.63, 3.8) is 0 Å². The molecule has 67 heavy (non-hydrogen) atoms. The Morgan fingerprint density at radius 3 is 2.03 bits per heavy atom. The number of hydrogen-bond acceptors (Lipinski definition) is 14. The Kier molecular flexibility index (Phi) is 14.1. The highest BCUT2D eigenvalue weighted by atomic mass is 16.6. The summed E-state index contributed by atoms with van der Waals surface area (Å²) < 4.78 is 26.9. The maximum Gasteiger partial charge on any atom is 0.329 e. The lowest BCUT2D eigenvalue weighted by Crippen LogP contribution is -2.57. The highest BCUT2D eigenvalue weighted by Gasteiger charge is 2.75. The van der Waals surface area contributed by atoms with Gasteiger partial charge in [0.2, 0.25) is 11.8 Å². The molecule has 7 rings (SSSR count). The summed E-state index contributed by atoms with van der Waals surface area (Å²) in [6.07, 6.45) is -1.34. The standard InChI is InChI=1S/C50H50N4O13/c1-28(2)38(46(59)65-5)52-49(62)53-36-23-22-29(14-12-21-34(44(57)63-3)45(58)64-4)26-35(36)50(48(53)61)37(43(51)56)40-47(60)67-41(31-17-10-7-11-18-31)39(30-15-8-6-9-16-30)54(40)42(50)32-19-13-20-33(27-32)66-25-24-55/h6-11,13,15-20,22-23,26-28,34,37-42,55H,21,24-25H2,1-5H3,(H2,51,56)(H,52,62)/t37-,38-,39-,40-,41+,42+,50-/m0/s1. The van der Waals surface area contributed by atoms with E-state index >= 15 is 4.79 Å². The van der Waals surface area contributed by atoms with Crippen molar-refractivity contribution in [3.05, 3.63) is 131 Å². The topological polar surface area (TPSA) is 230 Å². The third kappa shape index (κ3) is 8.57. The normalized spacial score (nSPS) is 22.2. The van der Waals surface area contributed by atoms with E-state index in [0.717, 1.165) is 26.2 Å². The monoisotopic (exact) mass is 914 g/mol. The molecule has 0 unspecified atom stereocenters. The number of morpholine rings is 1. The van der Waals surface area contributed by atoms with Crippen LogP contribution in [0.3, 0.4) is 0 Å². The molecular weight excluding hydrogens is 865 g/mol. The van der Waals surface area contributed by atoms with Crippen molar-refractivity contribution >= 4 is 47.4 Å². The summed E-state index contributed by atoms with van der Waals surface area (Å²) >= 11 is 0. The van der Waals surface area contributed by atoms with Crippen LogP contribution in [0.15, 0.2) is 103 Å². The number of anilines is 1. The zero-order valence-electron chi connectivity index (χ0n) is 37.4. The molecule has 2 fully saturated rings. The Hall–Kier alpha value is -7.55. The second-order valence-electron chi connectivity index (χ2n) is 16.5. The number of urea groups is 1. The van der Waals surface area contributed by atoms with Crippen LogP contribution in [0.5, 0.6) is 5.75 Å². The summed E-state index contributed by atoms with van der Waals surface area (Å²) in [7, 11) is 3.40. The van der Waals surface area contributed by atoms with Gasteiger partial charge in [-0.15, -0.1) is 0 Å². The molecule has 3 aliphatic heterocycles. The molecule has 2 saturated heterocycles. The van der Waals surface area contributed by atoms with Crippen LogP contribution in [0, 0.1) is 29.6 Å². The van der Waals surface area contributed by atoms with Crippen LogP contribution in [0.4, 0.5) is 10.5 Å². The molecule has 17 nitrogen and oxygen atoms in total. The van der Waals surface area contributed by atoms with Gasteiger partial charge in [0.15, 0.2) is 5.92 Å². The summed E-state index contributed by atoms with van der Waals surface area (Å²) in [5.41, 5.74) is 6.10. The lowest BCUT2D eigenvalue weighted by molar-refractivity contribution is -0.178. The molecule has 1 spiro atoms. The van der Waals surface area contributed by atoms with E-state index < -0.39 is 95.2 Å². The second kappa shape index (κ2) is 19.9. The number of hydrogen-bond donors (Lipinski definition) is 3. The number of nitrogens with two attached hydrogens (primary N) is 1. The van der Waals surface area contributed by atoms with Crippen LogP contribution < -0.4 is 20.7 Å². The summed E-state index contributed by atoms with van der Waals surface area (Å²) in [5.74, 6) is -3.02. The molecule has 4 aromatic rings. The summed E-state index contributed by atoms with van der Waals surface area (Å²) in [6, 6.07) is 23.1. The number of imide groups is 1. The van der Waals surface area contributed by atoms with Gasteiger partial charge in [-0.05, 0) is 58.5 Å². The number of rotatable bonds is 13. The predicted molar refractivity (Wildman–Crippen MR) is 238 cm³/mol. The summed E-state index contributed by atoms with van der Waals surface area (Å²) in [5, 5.41) is 12.4. The molecule has 4 amide bonds. The lowest BCUT2D eigenvalue weighted by atomic mass is 9.65. The van der Waals surface area contributed by atoms with Gasteiger partial charge < -0.3 is 39.8 Å². The van der Waals surface area contributed by atoms with Crippen molar-refractivity contribution in [2.24, 2.45) is 23.5 Å². The number of amides is 4. The Bertz CT molecular complexity index is 2610. The molecule has 348 valence electrons. The number of ether oxygens (including phenoxy) is 5. The summed E-state index contributed by atoms with van der Waals surface area (Å²) in [4.78, 5) is 101. The minimum atomic E-state index is -2.24. The second-order valence-corrected chi connectivity index (χ2v) is 16.5. The number of nitrogens with zero attached hydrogens (tertiary/aromatic N) is 2. The van der Waals surface area contributed by atoms with Gasteiger partial charge in [0.1, 0.15) is 36.0 Å². The molecule has 7 atom stereocenters. The van der Waals surface area contributed by atoms with Crippen molar-refractivity contribution in [2.75, 3.05) is 39.4 Å². The first-order valence-electron chi connectivity index (χ1n) is 21.5. The molecule has 3 heterocycles. The van der Waals surface area contributed by atoms with E-state index in [2.05, 4.69) is 17.2 Å². The fourth-order valence-electron chi connectivity index (χ4n) is 9.58. The minimum absolute atomic E-state index is 0.0181. The first kappa shape index (κ1) is 47.4. The van der Waals surface area contributed by atoms with Crippen molar-refractivity contribution in [1.82, 2.24) is 10.2 Å². The van der Waals surface area contributed by atoms with Crippen LogP contribution in [-0.4, -0.2) is 98.4 Å². The molecule has 3 aliphatic rings. The Balaban J connectivity index is 1.55. The molecule has 0 aliphatic carbocycles. The maximum atomic E-state index is 16.2. The van der Waals surface area contributed by atoms with Gasteiger partial charge in [-0.1, -0.05) is 98.5 Å². The molecule has 0 aromatic heterocycles. The average molecular weight is 915 g/mol. The Morgan fingerprint density at radius 1 is 0.806 bits per heavy atom. The number of nitrogens with one attached hydrogen (secondary N) is 1. The van der Waals surface area contributed by atoms with E-state index in [9.17, 15) is 33.9 Å². The smallest absolute Gasteiger partial charge is 0.329 e. The van der Waals surface area contributed by atoms with Crippen LogP contribution in [0.2, 0.25) is 0 Å². The number of carbonyl (C=O) groups is 7. The third-order valence-corrected chi connectivity index (χ3v) is 12.4. The number of benzene rings is 4. The minimum Gasteiger partial charge on any atom is -0.491 e. The van der Waals surface area contributed by atoms with Gasteiger partial charge in [-0.25, -0.2) is 14.5 Å². The van der Waals surface area contributed by atoms with E-state index in [-0.39, 0.29) is 42.2 Å². The zero-order valence-corrected chi connectivity index (χ0v) is 37.4. The average Bonchev–Trinajstić information content (AvgIpc) is 3.80. The number of fused-ring (bicyclic) bond motifs is 3. The first-order chi connectivity index (χ1) is 32.2. The van der Waals surface area contributed by atoms with E-state index in [1.807, 2.05) is 36.4 Å². The van der Waals surface area contributed by atoms with Crippen molar-refractivity contribution in [3.8, 4) is 17.6 Å².